The predicted octanol–water partition coefficient (Wildman–Crippen LogP) is 2.30. The summed E-state index contributed by atoms with van der Waals surface area (Å²) in [5.41, 5.74) is -0.672. The molecule has 23 heavy (non-hydrogen) atoms. The lowest BCUT2D eigenvalue weighted by molar-refractivity contribution is -0.142. The van der Waals surface area contributed by atoms with E-state index < -0.39 is 35.7 Å². The fraction of sp³-hybridized carbons (Fsp3) is 0.812. The first-order valence-electron chi connectivity index (χ1n) is 7.99. The summed E-state index contributed by atoms with van der Waals surface area (Å²) in [5, 5.41) is 14.1. The van der Waals surface area contributed by atoms with Gasteiger partial charge in [0.05, 0.1) is 0 Å². The highest BCUT2D eigenvalue weighted by molar-refractivity contribution is 5.89. The van der Waals surface area contributed by atoms with Crippen LogP contribution in [0.4, 0.5) is 4.79 Å². The Kier molecular flexibility index (Phi) is 8.64. The molecule has 0 bridgehead atoms. The van der Waals surface area contributed by atoms with Crippen molar-refractivity contribution in [1.29, 1.82) is 0 Å². The number of carboxylic acids is 1. The van der Waals surface area contributed by atoms with Crippen molar-refractivity contribution in [3.05, 3.63) is 0 Å². The van der Waals surface area contributed by atoms with Gasteiger partial charge in [0, 0.05) is 0 Å². The summed E-state index contributed by atoms with van der Waals surface area (Å²) >= 11 is 0. The molecule has 0 spiro atoms. The van der Waals surface area contributed by atoms with Crippen LogP contribution in [-0.4, -0.2) is 40.8 Å². The van der Waals surface area contributed by atoms with Gasteiger partial charge in [-0.15, -0.1) is 0 Å². The Balaban J connectivity index is 4.90. The third-order valence-electron chi connectivity index (χ3n) is 2.91. The second kappa shape index (κ2) is 9.37. The quantitative estimate of drug-likeness (QED) is 0.633. The number of carbonyl (C=O) groups is 3. The zero-order chi connectivity index (χ0) is 18.2. The smallest absolute Gasteiger partial charge is 0.408 e. The van der Waals surface area contributed by atoms with Crippen LogP contribution >= 0.6 is 0 Å². The highest BCUT2D eigenvalue weighted by Crippen LogP contribution is 2.10. The van der Waals surface area contributed by atoms with E-state index in [0.717, 1.165) is 0 Å². The van der Waals surface area contributed by atoms with Gasteiger partial charge >= 0.3 is 12.1 Å². The SMILES string of the molecule is CCC[C@H](NC(=O)[C@@H](CC(C)C)NC(=O)OC(C)(C)C)C(=O)O. The van der Waals surface area contributed by atoms with Crippen LogP contribution in [0.15, 0.2) is 0 Å². The summed E-state index contributed by atoms with van der Waals surface area (Å²) in [6.45, 7) is 10.9. The molecule has 0 fully saturated rings. The van der Waals surface area contributed by atoms with Gasteiger partial charge in [-0.3, -0.25) is 4.79 Å². The first-order chi connectivity index (χ1) is 10.5. The monoisotopic (exact) mass is 330 g/mol. The van der Waals surface area contributed by atoms with E-state index in [1.165, 1.54) is 0 Å². The molecule has 0 aliphatic carbocycles. The summed E-state index contributed by atoms with van der Waals surface area (Å²) in [7, 11) is 0. The average Bonchev–Trinajstić information content (AvgIpc) is 2.34. The van der Waals surface area contributed by atoms with E-state index in [2.05, 4.69) is 10.6 Å². The van der Waals surface area contributed by atoms with E-state index in [9.17, 15) is 14.4 Å². The number of nitrogens with one attached hydrogen (secondary N) is 2. The highest BCUT2D eigenvalue weighted by atomic mass is 16.6. The number of carbonyl (C=O) groups excluding carboxylic acids is 2. The first-order valence-corrected chi connectivity index (χ1v) is 7.99. The molecule has 2 atom stereocenters. The standard InChI is InChI=1S/C16H30N2O5/c1-7-8-11(14(20)21)17-13(19)12(9-10(2)3)18-15(22)23-16(4,5)6/h10-12H,7-9H2,1-6H3,(H,17,19)(H,18,22)(H,20,21)/t11-,12+/m0/s1. The van der Waals surface area contributed by atoms with Crippen LogP contribution in [0, 0.1) is 5.92 Å². The Morgan fingerprint density at radius 1 is 1.09 bits per heavy atom. The van der Waals surface area contributed by atoms with E-state index in [-0.39, 0.29) is 5.92 Å². The third kappa shape index (κ3) is 9.76. The lowest BCUT2D eigenvalue weighted by atomic mass is 10.0. The van der Waals surface area contributed by atoms with Gasteiger partial charge in [-0.1, -0.05) is 27.2 Å². The normalized spacial score (nSPS) is 14.0. The number of hydrogen-bond acceptors (Lipinski definition) is 4. The first kappa shape index (κ1) is 21.2. The number of aliphatic carboxylic acids is 1. The maximum Gasteiger partial charge on any atom is 0.408 e. The highest BCUT2D eigenvalue weighted by Gasteiger charge is 2.28. The van der Waals surface area contributed by atoms with Crippen LogP contribution in [0.2, 0.25) is 0 Å². The Hall–Kier alpha value is -1.79. The summed E-state index contributed by atoms with van der Waals surface area (Å²) in [6, 6.07) is -1.79. The van der Waals surface area contributed by atoms with Crippen LogP contribution in [-0.2, 0) is 14.3 Å². The summed E-state index contributed by atoms with van der Waals surface area (Å²) < 4.78 is 5.15. The predicted molar refractivity (Wildman–Crippen MR) is 87.1 cm³/mol. The molecule has 0 saturated heterocycles. The number of ether oxygens (including phenoxy) is 1. The lowest BCUT2D eigenvalue weighted by Gasteiger charge is -2.25. The van der Waals surface area contributed by atoms with Gasteiger partial charge in [0.2, 0.25) is 5.91 Å². The third-order valence-corrected chi connectivity index (χ3v) is 2.91. The minimum absolute atomic E-state index is 0.148. The van der Waals surface area contributed by atoms with E-state index >= 15 is 0 Å². The topological polar surface area (TPSA) is 105 Å². The summed E-state index contributed by atoms with van der Waals surface area (Å²) in [6.07, 6.45) is 0.664. The van der Waals surface area contributed by atoms with Crippen molar-refractivity contribution in [3.63, 3.8) is 0 Å². The van der Waals surface area contributed by atoms with Crippen LogP contribution in [0.5, 0.6) is 0 Å². The number of hydrogen-bond donors (Lipinski definition) is 3. The molecule has 0 rings (SSSR count). The van der Waals surface area contributed by atoms with E-state index in [4.69, 9.17) is 9.84 Å². The van der Waals surface area contributed by atoms with Crippen molar-refractivity contribution in [2.75, 3.05) is 0 Å². The number of rotatable bonds is 8. The fourth-order valence-electron chi connectivity index (χ4n) is 1.97. The molecule has 7 heteroatoms. The van der Waals surface area contributed by atoms with Gasteiger partial charge in [-0.2, -0.15) is 0 Å². The minimum atomic E-state index is -1.08. The van der Waals surface area contributed by atoms with Crippen molar-refractivity contribution < 1.29 is 24.2 Å². The molecule has 3 N–H and O–H groups in total. The molecule has 0 radical (unpaired) electrons. The summed E-state index contributed by atoms with van der Waals surface area (Å²) in [5.74, 6) is -1.44. The Bertz CT molecular complexity index is 415. The Morgan fingerprint density at radius 2 is 1.65 bits per heavy atom. The molecule has 0 aliphatic rings. The summed E-state index contributed by atoms with van der Waals surface area (Å²) in [4.78, 5) is 35.3. The maximum atomic E-state index is 12.3. The average molecular weight is 330 g/mol. The molecule has 134 valence electrons. The molecular formula is C16H30N2O5. The van der Waals surface area contributed by atoms with Crippen LogP contribution in [0.25, 0.3) is 0 Å². The van der Waals surface area contributed by atoms with Gasteiger partial charge in [-0.25, -0.2) is 9.59 Å². The van der Waals surface area contributed by atoms with E-state index in [1.54, 1.807) is 20.8 Å². The molecule has 0 aromatic heterocycles. The van der Waals surface area contributed by atoms with Crippen molar-refractivity contribution in [3.8, 4) is 0 Å². The molecule has 0 unspecified atom stereocenters. The zero-order valence-electron chi connectivity index (χ0n) is 14.9. The molecule has 0 saturated carbocycles. The van der Waals surface area contributed by atoms with Crippen LogP contribution in [0.3, 0.4) is 0 Å². The van der Waals surface area contributed by atoms with Crippen molar-refractivity contribution in [2.45, 2.75) is 78.5 Å². The molecule has 0 aliphatic heterocycles. The van der Waals surface area contributed by atoms with Crippen molar-refractivity contribution in [2.24, 2.45) is 5.92 Å². The lowest BCUT2D eigenvalue weighted by Crippen LogP contribution is -2.52. The minimum Gasteiger partial charge on any atom is -0.480 e. The molecule has 0 heterocycles. The van der Waals surface area contributed by atoms with E-state index in [1.807, 2.05) is 20.8 Å². The van der Waals surface area contributed by atoms with Gasteiger partial charge in [0.25, 0.3) is 0 Å². The Morgan fingerprint density at radius 3 is 2.04 bits per heavy atom. The number of alkyl carbamates (subject to hydrolysis) is 1. The number of amides is 2. The van der Waals surface area contributed by atoms with E-state index in [0.29, 0.717) is 19.3 Å². The molecule has 2 amide bonds. The zero-order valence-corrected chi connectivity index (χ0v) is 14.9. The molecule has 7 nitrogen and oxygen atoms in total. The molecule has 0 aromatic rings. The van der Waals surface area contributed by atoms with Crippen molar-refractivity contribution in [1.82, 2.24) is 10.6 Å². The van der Waals surface area contributed by atoms with Crippen LogP contribution < -0.4 is 10.6 Å². The molecular weight excluding hydrogens is 300 g/mol. The van der Waals surface area contributed by atoms with Crippen LogP contribution in [0.1, 0.15) is 60.8 Å². The van der Waals surface area contributed by atoms with Gasteiger partial charge in [-0.05, 0) is 39.5 Å². The largest absolute Gasteiger partial charge is 0.480 e. The maximum absolute atomic E-state index is 12.3. The molecule has 0 aromatic carbocycles. The Labute approximate surface area is 138 Å². The second-order valence-electron chi connectivity index (χ2n) is 7.02. The number of carboxylic acid groups (broad SMARTS) is 1. The van der Waals surface area contributed by atoms with Gasteiger partial charge in [0.1, 0.15) is 17.7 Å². The van der Waals surface area contributed by atoms with Gasteiger partial charge < -0.3 is 20.5 Å². The van der Waals surface area contributed by atoms with Gasteiger partial charge in [0.15, 0.2) is 0 Å². The van der Waals surface area contributed by atoms with Crippen molar-refractivity contribution >= 4 is 18.0 Å². The second-order valence-corrected chi connectivity index (χ2v) is 7.02. The fourth-order valence-corrected chi connectivity index (χ4v) is 1.97.